The lowest BCUT2D eigenvalue weighted by molar-refractivity contribution is -0.127. The van der Waals surface area contributed by atoms with E-state index in [0.29, 0.717) is 4.90 Å². The SMILES string of the molecule is [2H]c1nc([2H])c([C@]2([2H])CCC(=O)N2C([2H])([2H])[2H])c([2H])c1[2H]. The van der Waals surface area contributed by atoms with Gasteiger partial charge in [0.15, 0.2) is 0 Å². The van der Waals surface area contributed by atoms with E-state index in [2.05, 4.69) is 4.98 Å². The van der Waals surface area contributed by atoms with Crippen molar-refractivity contribution in [2.24, 2.45) is 0 Å². The third-order valence-electron chi connectivity index (χ3n) is 1.85. The Morgan fingerprint density at radius 1 is 1.92 bits per heavy atom. The molecule has 1 atom stereocenters. The average Bonchev–Trinajstić information content (AvgIpc) is 2.62. The molecular formula is C10H12N2O. The molecule has 1 aliphatic rings. The van der Waals surface area contributed by atoms with Crippen LogP contribution in [0, 0.1) is 0 Å². The van der Waals surface area contributed by atoms with Gasteiger partial charge in [-0.25, -0.2) is 0 Å². The highest BCUT2D eigenvalue weighted by Gasteiger charge is 2.28. The molecule has 3 heteroatoms. The fourth-order valence-electron chi connectivity index (χ4n) is 1.20. The van der Waals surface area contributed by atoms with Crippen LogP contribution in [-0.2, 0) is 4.79 Å². The molecule has 0 radical (unpaired) electrons. The lowest BCUT2D eigenvalue weighted by Crippen LogP contribution is -2.22. The monoisotopic (exact) mass is 184 g/mol. The van der Waals surface area contributed by atoms with Crippen LogP contribution in [0.4, 0.5) is 0 Å². The number of amides is 1. The number of likely N-dealkylation sites (tertiary alicyclic amines) is 1. The zero-order valence-corrected chi connectivity index (χ0v) is 6.72. The minimum atomic E-state index is -2.89. The van der Waals surface area contributed by atoms with E-state index in [9.17, 15) is 4.79 Å². The van der Waals surface area contributed by atoms with Crippen LogP contribution in [0.1, 0.15) is 35.4 Å². The maximum Gasteiger partial charge on any atom is 0.222 e. The van der Waals surface area contributed by atoms with E-state index in [-0.39, 0.29) is 12.8 Å². The van der Waals surface area contributed by atoms with Gasteiger partial charge in [-0.05, 0) is 18.0 Å². The number of hydrogen-bond donors (Lipinski definition) is 0. The Kier molecular flexibility index (Phi) is 0.751. The topological polar surface area (TPSA) is 33.2 Å². The second-order valence-electron chi connectivity index (χ2n) is 2.64. The summed E-state index contributed by atoms with van der Waals surface area (Å²) in [7, 11) is 0. The molecule has 1 amide bonds. The van der Waals surface area contributed by atoms with Crippen molar-refractivity contribution in [2.45, 2.75) is 18.9 Å². The van der Waals surface area contributed by atoms with Gasteiger partial charge < -0.3 is 4.90 Å². The molecule has 0 N–H and O–H groups in total. The number of hydrogen-bond acceptors (Lipinski definition) is 2. The lowest BCUT2D eigenvalue weighted by Gasteiger charge is -2.19. The first-order chi connectivity index (χ1) is 9.50. The van der Waals surface area contributed by atoms with Gasteiger partial charge >= 0.3 is 0 Å². The van der Waals surface area contributed by atoms with Crippen molar-refractivity contribution in [3.8, 4) is 0 Å². The molecule has 0 bridgehead atoms. The number of pyridine rings is 1. The minimum Gasteiger partial charge on any atom is -0.339 e. The largest absolute Gasteiger partial charge is 0.339 e. The van der Waals surface area contributed by atoms with Gasteiger partial charge in [-0.3, -0.25) is 9.78 Å². The van der Waals surface area contributed by atoms with E-state index in [0.717, 1.165) is 0 Å². The Bertz CT molecular complexity index is 616. The van der Waals surface area contributed by atoms with Crippen LogP contribution in [0.3, 0.4) is 0 Å². The molecule has 1 aromatic heterocycles. The molecule has 0 aliphatic carbocycles. The molecule has 1 saturated heterocycles. The quantitative estimate of drug-likeness (QED) is 0.660. The molecule has 1 aliphatic heterocycles. The molecule has 0 unspecified atom stereocenters. The van der Waals surface area contributed by atoms with Crippen molar-refractivity contribution in [2.75, 3.05) is 6.98 Å². The van der Waals surface area contributed by atoms with Crippen LogP contribution in [0.5, 0.6) is 0 Å². The number of carbonyl (C=O) groups excluding carboxylic acids is 1. The molecule has 0 aromatic carbocycles. The van der Waals surface area contributed by atoms with Gasteiger partial charge in [0.05, 0.1) is 12.9 Å². The maximum atomic E-state index is 11.8. The fraction of sp³-hybridized carbons (Fsp3) is 0.400. The minimum absolute atomic E-state index is 0.198. The lowest BCUT2D eigenvalue weighted by atomic mass is 10.1. The van der Waals surface area contributed by atoms with Crippen molar-refractivity contribution in [1.82, 2.24) is 9.88 Å². The summed E-state index contributed by atoms with van der Waals surface area (Å²) >= 11 is 0. The third kappa shape index (κ3) is 1.41. The molecule has 2 heterocycles. The smallest absolute Gasteiger partial charge is 0.222 e. The highest BCUT2D eigenvalue weighted by atomic mass is 16.2. The maximum absolute atomic E-state index is 11.8. The predicted molar refractivity (Wildman–Crippen MR) is 49.0 cm³/mol. The van der Waals surface area contributed by atoms with Gasteiger partial charge in [0.2, 0.25) is 5.91 Å². The summed E-state index contributed by atoms with van der Waals surface area (Å²) in [4.78, 5) is 15.6. The van der Waals surface area contributed by atoms with E-state index in [1.54, 1.807) is 0 Å². The van der Waals surface area contributed by atoms with Crippen molar-refractivity contribution < 1.29 is 15.8 Å². The fourth-order valence-corrected chi connectivity index (χ4v) is 1.20. The van der Waals surface area contributed by atoms with Gasteiger partial charge in [0.1, 0.15) is 0 Å². The van der Waals surface area contributed by atoms with E-state index >= 15 is 0 Å². The Morgan fingerprint density at radius 3 is 3.69 bits per heavy atom. The first-order valence-electron chi connectivity index (χ1n) is 7.78. The van der Waals surface area contributed by atoms with Crippen LogP contribution in [-0.4, -0.2) is 22.8 Å². The second kappa shape index (κ2) is 3.17. The Balaban J connectivity index is 2.70. The first-order valence-corrected chi connectivity index (χ1v) is 3.78. The molecule has 0 spiro atoms. The molecule has 68 valence electrons. The standard InChI is InChI=1S/C10H12N2O/c1-12-9(4-5-10(12)13)8-3-2-6-11-7-8/h2-3,6-7,9H,4-5H2,1H3/t9-/m0/s1/i1D3,2D,3D,6D,7D,9D. The highest BCUT2D eigenvalue weighted by molar-refractivity contribution is 5.78. The van der Waals surface area contributed by atoms with Gasteiger partial charge in [-0.15, -0.1) is 0 Å². The molecule has 0 saturated carbocycles. The van der Waals surface area contributed by atoms with E-state index in [1.165, 1.54) is 0 Å². The molecule has 2 rings (SSSR count). The van der Waals surface area contributed by atoms with Crippen molar-refractivity contribution in [3.63, 3.8) is 0 Å². The highest BCUT2D eigenvalue weighted by Crippen LogP contribution is 2.30. The van der Waals surface area contributed by atoms with Crippen molar-refractivity contribution >= 4 is 5.91 Å². The number of aromatic nitrogens is 1. The number of carbonyl (C=O) groups is 1. The van der Waals surface area contributed by atoms with Crippen LogP contribution in [0.15, 0.2) is 24.4 Å². The summed E-state index contributed by atoms with van der Waals surface area (Å²) in [5.41, 5.74) is -0.425. The van der Waals surface area contributed by atoms with Crippen LogP contribution in [0.25, 0.3) is 0 Å². The van der Waals surface area contributed by atoms with Gasteiger partial charge in [0.25, 0.3) is 0 Å². The zero-order valence-electron chi connectivity index (χ0n) is 14.7. The number of rotatable bonds is 1. The Morgan fingerprint density at radius 2 is 2.85 bits per heavy atom. The van der Waals surface area contributed by atoms with Crippen LogP contribution < -0.4 is 0 Å². The van der Waals surface area contributed by atoms with Crippen LogP contribution >= 0.6 is 0 Å². The van der Waals surface area contributed by atoms with Crippen molar-refractivity contribution in [1.29, 1.82) is 0 Å². The van der Waals surface area contributed by atoms with Gasteiger partial charge in [-0.1, -0.05) is 6.04 Å². The summed E-state index contributed by atoms with van der Waals surface area (Å²) in [6.45, 7) is -2.89. The Hall–Kier alpha value is -1.38. The number of nitrogens with zero attached hydrogens (tertiary/aromatic N) is 2. The third-order valence-corrected chi connectivity index (χ3v) is 1.85. The predicted octanol–water partition coefficient (Wildman–Crippen LogP) is 1.37. The average molecular weight is 184 g/mol. The molecule has 13 heavy (non-hydrogen) atoms. The van der Waals surface area contributed by atoms with E-state index < -0.39 is 48.9 Å². The summed E-state index contributed by atoms with van der Waals surface area (Å²) in [6.07, 6.45) is -1.63. The molecule has 1 fully saturated rings. The normalized spacial score (nSPS) is 37.8. The van der Waals surface area contributed by atoms with E-state index in [1.807, 2.05) is 0 Å². The molecular weight excluding hydrogens is 164 g/mol. The second-order valence-corrected chi connectivity index (χ2v) is 2.64. The summed E-state index contributed by atoms with van der Waals surface area (Å²) in [5.74, 6) is -0.773. The zero-order chi connectivity index (χ0) is 16.2. The van der Waals surface area contributed by atoms with Gasteiger partial charge in [-0.2, -0.15) is 0 Å². The summed E-state index contributed by atoms with van der Waals surface area (Å²) in [5, 5.41) is 0. The molecule has 3 nitrogen and oxygen atoms in total. The summed E-state index contributed by atoms with van der Waals surface area (Å²) in [6, 6.07) is -3.36. The van der Waals surface area contributed by atoms with Crippen LogP contribution in [0.2, 0.25) is 0 Å². The van der Waals surface area contributed by atoms with E-state index in [4.69, 9.17) is 11.0 Å². The van der Waals surface area contributed by atoms with Gasteiger partial charge in [0, 0.05) is 29.9 Å². The Labute approximate surface area is 88.6 Å². The molecule has 1 aromatic rings. The summed E-state index contributed by atoms with van der Waals surface area (Å²) < 4.78 is 61.0. The van der Waals surface area contributed by atoms with Crippen molar-refractivity contribution in [3.05, 3.63) is 30.0 Å². The first kappa shape index (κ1) is 3.08.